The predicted octanol–water partition coefficient (Wildman–Crippen LogP) is 3.13. The number of carbonyl (C=O) groups excluding carboxylic acids is 1. The molecule has 1 aromatic carbocycles. The summed E-state index contributed by atoms with van der Waals surface area (Å²) in [7, 11) is 0. The molecule has 17 heavy (non-hydrogen) atoms. The van der Waals surface area contributed by atoms with Crippen molar-refractivity contribution < 1.29 is 27.3 Å². The molecular weight excluding hydrogens is 270 g/mol. The van der Waals surface area contributed by atoms with Gasteiger partial charge in [0.15, 0.2) is 5.02 Å². The number of carbonyl (C=O) groups is 1. The van der Waals surface area contributed by atoms with Crippen molar-refractivity contribution in [1.82, 2.24) is 0 Å². The van der Waals surface area contributed by atoms with Crippen molar-refractivity contribution in [2.75, 3.05) is 0 Å². The maximum atomic E-state index is 12.9. The van der Waals surface area contributed by atoms with Crippen molar-refractivity contribution in [3.63, 3.8) is 0 Å². The summed E-state index contributed by atoms with van der Waals surface area (Å²) in [6.07, 6.45) is -5.30. The third kappa shape index (κ3) is 2.52. The van der Waals surface area contributed by atoms with Crippen LogP contribution in [0.3, 0.4) is 0 Å². The zero-order valence-electron chi connectivity index (χ0n) is 7.72. The largest absolute Gasteiger partial charge is 0.455 e. The van der Waals surface area contributed by atoms with Crippen molar-refractivity contribution in [1.29, 1.82) is 0 Å². The first-order chi connectivity index (χ1) is 7.66. The molecule has 0 bridgehead atoms. The van der Waals surface area contributed by atoms with E-state index in [0.29, 0.717) is 12.1 Å². The quantitative estimate of drug-likeness (QED) is 0.359. The summed E-state index contributed by atoms with van der Waals surface area (Å²) in [6, 6.07) is 0.823. The first-order valence-electron chi connectivity index (χ1n) is 3.90. The summed E-state index contributed by atoms with van der Waals surface area (Å²) in [5.41, 5.74) is -2.69. The fourth-order valence-corrected chi connectivity index (χ4v) is 1.29. The van der Waals surface area contributed by atoms with Gasteiger partial charge in [-0.05, 0) is 12.1 Å². The molecule has 0 amide bonds. The molecule has 0 unspecified atom stereocenters. The fraction of sp³-hybridized carbons (Fsp3) is 0.125. The molecule has 0 heterocycles. The Kier molecular flexibility index (Phi) is 3.37. The van der Waals surface area contributed by atoms with Crippen LogP contribution in [0.1, 0.15) is 10.4 Å². The standard InChI is InChI=1S/C8H2ClF4NO3/c9-5-4(10)2-1-3(6(5)14(16)17)7(15)8(11,12)13/h1-2H. The number of rotatable bonds is 2. The Morgan fingerprint density at radius 1 is 1.35 bits per heavy atom. The molecule has 0 spiro atoms. The molecule has 0 aliphatic heterocycles. The van der Waals surface area contributed by atoms with E-state index in [1.165, 1.54) is 0 Å². The van der Waals surface area contributed by atoms with E-state index in [1.54, 1.807) is 0 Å². The van der Waals surface area contributed by atoms with Gasteiger partial charge in [-0.1, -0.05) is 11.6 Å². The van der Waals surface area contributed by atoms with Gasteiger partial charge in [0.2, 0.25) is 0 Å². The molecule has 0 atom stereocenters. The number of alkyl halides is 3. The molecule has 1 rings (SSSR count). The van der Waals surface area contributed by atoms with Crippen LogP contribution < -0.4 is 0 Å². The minimum absolute atomic E-state index is 0.370. The maximum absolute atomic E-state index is 12.9. The monoisotopic (exact) mass is 271 g/mol. The average Bonchev–Trinajstić information content (AvgIpc) is 2.18. The summed E-state index contributed by atoms with van der Waals surface area (Å²) in [4.78, 5) is 20.0. The summed E-state index contributed by atoms with van der Waals surface area (Å²) >= 11 is 5.15. The van der Waals surface area contributed by atoms with Crippen LogP contribution in [0.25, 0.3) is 0 Å². The number of nitro groups is 1. The van der Waals surface area contributed by atoms with Crippen molar-refractivity contribution in [2.45, 2.75) is 6.18 Å². The molecule has 9 heteroatoms. The predicted molar refractivity (Wildman–Crippen MR) is 48.4 cm³/mol. The minimum Gasteiger partial charge on any atom is -0.284 e. The Balaban J connectivity index is 3.51. The van der Waals surface area contributed by atoms with Crippen LogP contribution in [-0.4, -0.2) is 16.9 Å². The molecule has 4 nitrogen and oxygen atoms in total. The molecule has 0 fully saturated rings. The van der Waals surface area contributed by atoms with E-state index in [1.807, 2.05) is 0 Å². The number of nitrogens with zero attached hydrogens (tertiary/aromatic N) is 1. The summed E-state index contributed by atoms with van der Waals surface area (Å²) in [5.74, 6) is -3.73. The normalized spacial score (nSPS) is 11.4. The molecule has 0 saturated carbocycles. The van der Waals surface area contributed by atoms with Crippen LogP contribution in [0.4, 0.5) is 23.2 Å². The highest BCUT2D eigenvalue weighted by Gasteiger charge is 2.43. The van der Waals surface area contributed by atoms with E-state index < -0.39 is 39.0 Å². The molecule has 92 valence electrons. The van der Waals surface area contributed by atoms with Gasteiger partial charge in [-0.15, -0.1) is 0 Å². The van der Waals surface area contributed by atoms with Gasteiger partial charge in [0.1, 0.15) is 11.4 Å². The lowest BCUT2D eigenvalue weighted by atomic mass is 10.1. The molecule has 1 aromatic rings. The zero-order chi connectivity index (χ0) is 13.4. The Bertz CT molecular complexity index is 500. The molecule has 0 saturated heterocycles. The van der Waals surface area contributed by atoms with Crippen molar-refractivity contribution >= 4 is 23.1 Å². The number of nitro benzene ring substituents is 1. The second kappa shape index (κ2) is 4.28. The van der Waals surface area contributed by atoms with Gasteiger partial charge in [0.25, 0.3) is 5.78 Å². The van der Waals surface area contributed by atoms with Gasteiger partial charge in [0.05, 0.1) is 4.92 Å². The van der Waals surface area contributed by atoms with Gasteiger partial charge in [-0.2, -0.15) is 13.2 Å². The van der Waals surface area contributed by atoms with E-state index in [4.69, 9.17) is 11.6 Å². The van der Waals surface area contributed by atoms with E-state index in [2.05, 4.69) is 0 Å². The van der Waals surface area contributed by atoms with E-state index >= 15 is 0 Å². The number of hydrogen-bond donors (Lipinski definition) is 0. The van der Waals surface area contributed by atoms with Crippen LogP contribution in [0.2, 0.25) is 5.02 Å². The van der Waals surface area contributed by atoms with Crippen LogP contribution in [-0.2, 0) is 0 Å². The Labute approximate surface area is 95.9 Å². The zero-order valence-corrected chi connectivity index (χ0v) is 8.47. The summed E-state index contributed by atoms with van der Waals surface area (Å²) < 4.78 is 49.2. The Hall–Kier alpha value is -1.70. The van der Waals surface area contributed by atoms with Crippen LogP contribution >= 0.6 is 11.6 Å². The van der Waals surface area contributed by atoms with Crippen molar-refractivity contribution in [3.8, 4) is 0 Å². The third-order valence-electron chi connectivity index (χ3n) is 1.75. The smallest absolute Gasteiger partial charge is 0.284 e. The Morgan fingerprint density at radius 2 is 1.88 bits per heavy atom. The molecule has 0 aliphatic rings. The van der Waals surface area contributed by atoms with Gasteiger partial charge in [-0.3, -0.25) is 14.9 Å². The molecule has 0 radical (unpaired) electrons. The Morgan fingerprint density at radius 3 is 2.29 bits per heavy atom. The number of ketones is 1. The number of Topliss-reactive ketones (excluding diaryl/α,β-unsaturated/α-hetero) is 1. The lowest BCUT2D eigenvalue weighted by molar-refractivity contribution is -0.385. The van der Waals surface area contributed by atoms with E-state index in [-0.39, 0.29) is 0 Å². The van der Waals surface area contributed by atoms with Crippen molar-refractivity contribution in [2.24, 2.45) is 0 Å². The van der Waals surface area contributed by atoms with Gasteiger partial charge < -0.3 is 0 Å². The number of halogens is 5. The first kappa shape index (κ1) is 13.4. The highest BCUT2D eigenvalue weighted by Crippen LogP contribution is 2.34. The summed E-state index contributed by atoms with van der Waals surface area (Å²) in [5, 5.41) is 9.33. The number of hydrogen-bond acceptors (Lipinski definition) is 3. The molecular formula is C8H2ClF4NO3. The van der Waals surface area contributed by atoms with Crippen LogP contribution in [0.15, 0.2) is 12.1 Å². The average molecular weight is 272 g/mol. The minimum atomic E-state index is -5.30. The van der Waals surface area contributed by atoms with Gasteiger partial charge in [0, 0.05) is 0 Å². The van der Waals surface area contributed by atoms with Crippen molar-refractivity contribution in [3.05, 3.63) is 38.7 Å². The lowest BCUT2D eigenvalue weighted by Gasteiger charge is -2.06. The number of benzene rings is 1. The summed E-state index contributed by atoms with van der Waals surface area (Å²) in [6.45, 7) is 0. The first-order valence-corrected chi connectivity index (χ1v) is 4.28. The molecule has 0 aromatic heterocycles. The second-order valence-electron chi connectivity index (χ2n) is 2.84. The topological polar surface area (TPSA) is 60.2 Å². The van der Waals surface area contributed by atoms with E-state index in [9.17, 15) is 32.5 Å². The molecule has 0 aliphatic carbocycles. The highest BCUT2D eigenvalue weighted by molar-refractivity contribution is 6.33. The van der Waals surface area contributed by atoms with Crippen LogP contribution in [0.5, 0.6) is 0 Å². The van der Waals surface area contributed by atoms with Crippen LogP contribution in [0, 0.1) is 15.9 Å². The van der Waals surface area contributed by atoms with Gasteiger partial charge >= 0.3 is 11.9 Å². The maximum Gasteiger partial charge on any atom is 0.455 e. The lowest BCUT2D eigenvalue weighted by Crippen LogP contribution is -2.23. The fourth-order valence-electron chi connectivity index (χ4n) is 1.05. The van der Waals surface area contributed by atoms with Gasteiger partial charge in [-0.25, -0.2) is 4.39 Å². The third-order valence-corrected chi connectivity index (χ3v) is 2.11. The highest BCUT2D eigenvalue weighted by atomic mass is 35.5. The second-order valence-corrected chi connectivity index (χ2v) is 3.22. The van der Waals surface area contributed by atoms with E-state index in [0.717, 1.165) is 0 Å². The SMILES string of the molecule is O=C(c1ccc(F)c(Cl)c1[N+](=O)[O-])C(F)(F)F. The molecule has 0 N–H and O–H groups in total.